The molecule has 0 aliphatic rings. The molecule has 4 rings (SSSR count). The SMILES string of the molecule is CCCc1ccc2cn(-c3ccc4c(ccn4C(C)C)c3)c(O)c2c1. The van der Waals surface area contributed by atoms with E-state index in [1.807, 2.05) is 10.8 Å². The van der Waals surface area contributed by atoms with E-state index in [4.69, 9.17) is 0 Å². The second-order valence-electron chi connectivity index (χ2n) is 7.05. The molecule has 0 bridgehead atoms. The van der Waals surface area contributed by atoms with Gasteiger partial charge in [-0.05, 0) is 56.2 Å². The zero-order valence-corrected chi connectivity index (χ0v) is 15.0. The van der Waals surface area contributed by atoms with Gasteiger partial charge in [-0.2, -0.15) is 0 Å². The number of fused-ring (bicyclic) bond motifs is 2. The van der Waals surface area contributed by atoms with Crippen LogP contribution >= 0.6 is 0 Å². The van der Waals surface area contributed by atoms with Crippen molar-refractivity contribution in [3.05, 3.63) is 60.4 Å². The Kier molecular flexibility index (Phi) is 3.79. The van der Waals surface area contributed by atoms with E-state index in [0.717, 1.165) is 29.3 Å². The number of aryl methyl sites for hydroxylation is 1. The molecule has 2 heterocycles. The van der Waals surface area contributed by atoms with E-state index in [9.17, 15) is 5.11 Å². The van der Waals surface area contributed by atoms with E-state index in [2.05, 4.69) is 74.0 Å². The topological polar surface area (TPSA) is 30.1 Å². The van der Waals surface area contributed by atoms with Crippen LogP contribution in [0.15, 0.2) is 54.9 Å². The maximum atomic E-state index is 10.8. The van der Waals surface area contributed by atoms with Gasteiger partial charge in [0.15, 0.2) is 0 Å². The van der Waals surface area contributed by atoms with Crippen LogP contribution in [0, 0.1) is 0 Å². The minimum atomic E-state index is 0.315. The Morgan fingerprint density at radius 3 is 2.60 bits per heavy atom. The lowest BCUT2D eigenvalue weighted by molar-refractivity contribution is 0.448. The summed E-state index contributed by atoms with van der Waals surface area (Å²) in [6.07, 6.45) is 6.29. The first kappa shape index (κ1) is 15.8. The fourth-order valence-electron chi connectivity index (χ4n) is 3.63. The monoisotopic (exact) mass is 332 g/mol. The van der Waals surface area contributed by atoms with E-state index < -0.39 is 0 Å². The van der Waals surface area contributed by atoms with Gasteiger partial charge in [0, 0.05) is 45.8 Å². The highest BCUT2D eigenvalue weighted by Gasteiger charge is 2.12. The van der Waals surface area contributed by atoms with Gasteiger partial charge in [-0.15, -0.1) is 0 Å². The van der Waals surface area contributed by atoms with Gasteiger partial charge < -0.3 is 9.67 Å². The Balaban J connectivity index is 1.83. The van der Waals surface area contributed by atoms with E-state index >= 15 is 0 Å². The van der Waals surface area contributed by atoms with Gasteiger partial charge in [0.25, 0.3) is 0 Å². The van der Waals surface area contributed by atoms with Crippen LogP contribution in [0.25, 0.3) is 27.4 Å². The molecule has 0 aliphatic heterocycles. The van der Waals surface area contributed by atoms with Crippen LogP contribution in [0.4, 0.5) is 0 Å². The average molecular weight is 332 g/mol. The number of aromatic hydroxyl groups is 1. The van der Waals surface area contributed by atoms with Crippen LogP contribution in [0.1, 0.15) is 38.8 Å². The minimum absolute atomic E-state index is 0.315. The molecule has 0 aliphatic carbocycles. The first-order chi connectivity index (χ1) is 12.1. The molecule has 0 saturated carbocycles. The van der Waals surface area contributed by atoms with Crippen molar-refractivity contribution in [1.29, 1.82) is 0 Å². The van der Waals surface area contributed by atoms with Crippen molar-refractivity contribution in [3.63, 3.8) is 0 Å². The minimum Gasteiger partial charge on any atom is -0.494 e. The first-order valence-corrected chi connectivity index (χ1v) is 9.02. The summed E-state index contributed by atoms with van der Waals surface area (Å²) in [5.74, 6) is 0.315. The maximum absolute atomic E-state index is 10.8. The predicted octanol–water partition coefficient (Wildman–Crippen LogP) is 5.82. The Morgan fingerprint density at radius 2 is 1.84 bits per heavy atom. The molecule has 0 unspecified atom stereocenters. The third-order valence-corrected chi connectivity index (χ3v) is 4.93. The molecule has 0 saturated heterocycles. The largest absolute Gasteiger partial charge is 0.494 e. The predicted molar refractivity (Wildman–Crippen MR) is 105 cm³/mol. The Labute approximate surface area is 148 Å². The van der Waals surface area contributed by atoms with Gasteiger partial charge in [0.05, 0.1) is 0 Å². The number of nitrogens with zero attached hydrogens (tertiary/aromatic N) is 2. The fraction of sp³-hybridized carbons (Fsp3) is 0.273. The zero-order valence-electron chi connectivity index (χ0n) is 15.0. The van der Waals surface area contributed by atoms with E-state index in [1.54, 1.807) is 0 Å². The van der Waals surface area contributed by atoms with Gasteiger partial charge in [-0.25, -0.2) is 0 Å². The fourth-order valence-corrected chi connectivity index (χ4v) is 3.63. The van der Waals surface area contributed by atoms with Crippen molar-refractivity contribution in [3.8, 4) is 11.6 Å². The highest BCUT2D eigenvalue weighted by atomic mass is 16.3. The van der Waals surface area contributed by atoms with Gasteiger partial charge in [0.1, 0.15) is 0 Å². The summed E-state index contributed by atoms with van der Waals surface area (Å²) in [7, 11) is 0. The zero-order chi connectivity index (χ0) is 17.6. The third-order valence-electron chi connectivity index (χ3n) is 4.93. The normalized spacial score (nSPS) is 11.8. The van der Waals surface area contributed by atoms with Crippen molar-refractivity contribution in [2.45, 2.75) is 39.7 Å². The summed E-state index contributed by atoms with van der Waals surface area (Å²) >= 11 is 0. The van der Waals surface area contributed by atoms with Crippen molar-refractivity contribution in [1.82, 2.24) is 9.13 Å². The first-order valence-electron chi connectivity index (χ1n) is 9.02. The summed E-state index contributed by atoms with van der Waals surface area (Å²) in [6, 6.07) is 15.3. The Hall–Kier alpha value is -2.68. The van der Waals surface area contributed by atoms with Crippen LogP contribution in [-0.4, -0.2) is 14.2 Å². The molecule has 0 amide bonds. The molecule has 25 heavy (non-hydrogen) atoms. The van der Waals surface area contributed by atoms with E-state index in [0.29, 0.717) is 11.9 Å². The number of aromatic nitrogens is 2. The van der Waals surface area contributed by atoms with E-state index in [1.165, 1.54) is 16.5 Å². The smallest absolute Gasteiger partial charge is 0.203 e. The lowest BCUT2D eigenvalue weighted by atomic mass is 10.1. The molecular weight excluding hydrogens is 308 g/mol. The third kappa shape index (κ3) is 2.60. The van der Waals surface area contributed by atoms with Crippen molar-refractivity contribution in [2.75, 3.05) is 0 Å². The molecule has 2 aromatic carbocycles. The summed E-state index contributed by atoms with van der Waals surface area (Å²) < 4.78 is 4.15. The number of rotatable bonds is 4. The molecule has 3 nitrogen and oxygen atoms in total. The van der Waals surface area contributed by atoms with Crippen LogP contribution in [-0.2, 0) is 6.42 Å². The highest BCUT2D eigenvalue weighted by molar-refractivity contribution is 5.90. The number of benzene rings is 2. The summed E-state index contributed by atoms with van der Waals surface area (Å²) in [5, 5.41) is 13.9. The number of hydrogen-bond donors (Lipinski definition) is 1. The number of hydrogen-bond acceptors (Lipinski definition) is 1. The highest BCUT2D eigenvalue weighted by Crippen LogP contribution is 2.32. The quantitative estimate of drug-likeness (QED) is 0.501. The van der Waals surface area contributed by atoms with Crippen LogP contribution in [0.2, 0.25) is 0 Å². The summed E-state index contributed by atoms with van der Waals surface area (Å²) in [6.45, 7) is 6.55. The lowest BCUT2D eigenvalue weighted by Gasteiger charge is -2.10. The summed E-state index contributed by atoms with van der Waals surface area (Å²) in [5.41, 5.74) is 3.48. The molecule has 0 atom stereocenters. The molecule has 0 spiro atoms. The molecule has 3 heteroatoms. The van der Waals surface area contributed by atoms with E-state index in [-0.39, 0.29) is 0 Å². The van der Waals surface area contributed by atoms with Crippen LogP contribution < -0.4 is 0 Å². The van der Waals surface area contributed by atoms with Gasteiger partial charge in [0.2, 0.25) is 5.88 Å². The molecule has 2 aromatic heterocycles. The van der Waals surface area contributed by atoms with Gasteiger partial charge in [-0.3, -0.25) is 4.57 Å². The van der Waals surface area contributed by atoms with Gasteiger partial charge in [-0.1, -0.05) is 25.5 Å². The van der Waals surface area contributed by atoms with Crippen molar-refractivity contribution < 1.29 is 5.11 Å². The Morgan fingerprint density at radius 1 is 1.00 bits per heavy atom. The maximum Gasteiger partial charge on any atom is 0.203 e. The standard InChI is InChI=1S/C22H24N2O/c1-4-5-16-6-7-18-14-24(22(25)20(18)12-16)19-8-9-21-17(13-19)10-11-23(21)15(2)3/h6-15,25H,4-5H2,1-3H3. The van der Waals surface area contributed by atoms with Crippen molar-refractivity contribution in [2.24, 2.45) is 0 Å². The molecule has 1 N–H and O–H groups in total. The van der Waals surface area contributed by atoms with Gasteiger partial charge >= 0.3 is 0 Å². The summed E-state index contributed by atoms with van der Waals surface area (Å²) in [4.78, 5) is 0. The molecule has 0 radical (unpaired) electrons. The molecule has 4 aromatic rings. The lowest BCUT2D eigenvalue weighted by Crippen LogP contribution is -1.98. The molecule has 128 valence electrons. The van der Waals surface area contributed by atoms with Crippen LogP contribution in [0.3, 0.4) is 0 Å². The second-order valence-corrected chi connectivity index (χ2v) is 7.05. The van der Waals surface area contributed by atoms with Crippen LogP contribution in [0.5, 0.6) is 5.88 Å². The molecular formula is C22H24N2O. The molecule has 0 fully saturated rings. The Bertz CT molecular complexity index is 1050. The van der Waals surface area contributed by atoms with Crippen molar-refractivity contribution >= 4 is 21.7 Å². The second kappa shape index (κ2) is 5.99. The average Bonchev–Trinajstić information content (AvgIpc) is 3.16.